The van der Waals surface area contributed by atoms with Crippen molar-refractivity contribution >= 4 is 23.2 Å². The van der Waals surface area contributed by atoms with Crippen LogP contribution in [0.5, 0.6) is 0 Å². The van der Waals surface area contributed by atoms with Crippen molar-refractivity contribution in [3.05, 3.63) is 39.8 Å². The van der Waals surface area contributed by atoms with Gasteiger partial charge < -0.3 is 5.32 Å². The highest BCUT2D eigenvalue weighted by atomic mass is 35.5. The van der Waals surface area contributed by atoms with Crippen LogP contribution in [0.15, 0.2) is 18.5 Å². The maximum Gasteiger partial charge on any atom is 0.153 e. The van der Waals surface area contributed by atoms with Gasteiger partial charge in [0.1, 0.15) is 0 Å². The molecule has 0 bridgehead atoms. The minimum Gasteiger partial charge on any atom is -0.310 e. The molecular weight excluding hydrogens is 283 g/mol. The van der Waals surface area contributed by atoms with E-state index < -0.39 is 0 Å². The molecule has 1 aliphatic rings. The molecule has 100 valence electrons. The van der Waals surface area contributed by atoms with Crippen LogP contribution in [0.3, 0.4) is 0 Å². The van der Waals surface area contributed by atoms with E-state index in [-0.39, 0.29) is 0 Å². The van der Waals surface area contributed by atoms with E-state index in [2.05, 4.69) is 15.4 Å². The first kappa shape index (κ1) is 12.9. The van der Waals surface area contributed by atoms with E-state index in [0.717, 1.165) is 23.6 Å². The van der Waals surface area contributed by atoms with Gasteiger partial charge in [0.15, 0.2) is 5.82 Å². The predicted octanol–water partition coefficient (Wildman–Crippen LogP) is 3.13. The average Bonchev–Trinajstić information content (AvgIpc) is 3.15. The van der Waals surface area contributed by atoms with Gasteiger partial charge in [-0.25, -0.2) is 9.67 Å². The lowest BCUT2D eigenvalue weighted by Crippen LogP contribution is -2.16. The minimum atomic E-state index is 0.634. The first-order valence-electron chi connectivity index (χ1n) is 6.23. The Morgan fingerprint density at radius 1 is 1.37 bits per heavy atom. The molecule has 1 aliphatic carbocycles. The number of nitrogens with one attached hydrogen (secondary N) is 1. The molecule has 1 saturated carbocycles. The van der Waals surface area contributed by atoms with Gasteiger partial charge in [0, 0.05) is 18.8 Å². The molecule has 2 aromatic rings. The SMILES string of the molecule is Cc1nn(-c2cc(CNC3CC3)c(Cl)cn2)cc1Cl. The molecule has 1 N–H and O–H groups in total. The monoisotopic (exact) mass is 296 g/mol. The molecule has 2 aromatic heterocycles. The van der Waals surface area contributed by atoms with Crippen LogP contribution in [0.25, 0.3) is 5.82 Å². The Hall–Kier alpha value is -1.10. The van der Waals surface area contributed by atoms with Crippen molar-refractivity contribution in [3.8, 4) is 5.82 Å². The first-order chi connectivity index (χ1) is 9.13. The van der Waals surface area contributed by atoms with Crippen molar-refractivity contribution in [2.75, 3.05) is 0 Å². The molecule has 0 aliphatic heterocycles. The third-order valence-corrected chi connectivity index (χ3v) is 3.86. The molecule has 0 spiro atoms. The fraction of sp³-hybridized carbons (Fsp3) is 0.385. The summed E-state index contributed by atoms with van der Waals surface area (Å²) >= 11 is 12.2. The van der Waals surface area contributed by atoms with Crippen LogP contribution in [0.1, 0.15) is 24.1 Å². The second-order valence-electron chi connectivity index (χ2n) is 4.80. The molecular formula is C13H14Cl2N4. The number of hydrogen-bond donors (Lipinski definition) is 1. The van der Waals surface area contributed by atoms with E-state index in [1.165, 1.54) is 12.8 Å². The summed E-state index contributed by atoms with van der Waals surface area (Å²) < 4.78 is 1.68. The standard InChI is InChI=1S/C13H14Cl2N4/c1-8-12(15)7-19(18-8)13-4-9(11(14)6-17-13)5-16-10-2-3-10/h4,6-7,10,16H,2-3,5H2,1H3. The second kappa shape index (κ2) is 5.12. The molecule has 4 nitrogen and oxygen atoms in total. The highest BCUT2D eigenvalue weighted by molar-refractivity contribution is 6.31. The Balaban J connectivity index is 1.86. The summed E-state index contributed by atoms with van der Waals surface area (Å²) in [7, 11) is 0. The van der Waals surface area contributed by atoms with Crippen LogP contribution in [0.4, 0.5) is 0 Å². The van der Waals surface area contributed by atoms with Crippen LogP contribution in [0, 0.1) is 6.92 Å². The summed E-state index contributed by atoms with van der Waals surface area (Å²) in [5.41, 5.74) is 1.82. The highest BCUT2D eigenvalue weighted by Crippen LogP contribution is 2.23. The molecule has 0 atom stereocenters. The van der Waals surface area contributed by atoms with E-state index in [0.29, 0.717) is 16.1 Å². The number of aromatic nitrogens is 3. The average molecular weight is 297 g/mol. The third kappa shape index (κ3) is 2.91. The summed E-state index contributed by atoms with van der Waals surface area (Å²) in [6.45, 7) is 2.62. The van der Waals surface area contributed by atoms with Crippen LogP contribution in [-0.2, 0) is 6.54 Å². The number of nitrogens with zero attached hydrogens (tertiary/aromatic N) is 3. The quantitative estimate of drug-likeness (QED) is 0.942. The molecule has 0 radical (unpaired) electrons. The lowest BCUT2D eigenvalue weighted by atomic mass is 10.2. The molecule has 3 rings (SSSR count). The Bertz CT molecular complexity index is 585. The lowest BCUT2D eigenvalue weighted by Gasteiger charge is -2.08. The molecule has 19 heavy (non-hydrogen) atoms. The van der Waals surface area contributed by atoms with Crippen molar-refractivity contribution in [1.29, 1.82) is 0 Å². The van der Waals surface area contributed by atoms with E-state index >= 15 is 0 Å². The Morgan fingerprint density at radius 3 is 2.79 bits per heavy atom. The zero-order chi connectivity index (χ0) is 13.4. The van der Waals surface area contributed by atoms with Gasteiger partial charge in [0.05, 0.1) is 21.9 Å². The normalized spacial score (nSPS) is 14.9. The Labute approximate surface area is 121 Å². The molecule has 0 aromatic carbocycles. The first-order valence-corrected chi connectivity index (χ1v) is 6.99. The molecule has 0 unspecified atom stereocenters. The summed E-state index contributed by atoms with van der Waals surface area (Å²) in [6, 6.07) is 2.59. The number of aryl methyl sites for hydroxylation is 1. The van der Waals surface area contributed by atoms with Gasteiger partial charge >= 0.3 is 0 Å². The largest absolute Gasteiger partial charge is 0.310 e. The van der Waals surface area contributed by atoms with E-state index in [4.69, 9.17) is 23.2 Å². The topological polar surface area (TPSA) is 42.7 Å². The fourth-order valence-electron chi connectivity index (χ4n) is 1.83. The van der Waals surface area contributed by atoms with Gasteiger partial charge in [0.25, 0.3) is 0 Å². The smallest absolute Gasteiger partial charge is 0.153 e. The Kier molecular flexibility index (Phi) is 3.48. The van der Waals surface area contributed by atoms with E-state index in [1.54, 1.807) is 17.1 Å². The van der Waals surface area contributed by atoms with E-state index in [1.807, 2.05) is 13.0 Å². The van der Waals surface area contributed by atoms with Crippen molar-refractivity contribution in [3.63, 3.8) is 0 Å². The number of halogens is 2. The third-order valence-electron chi connectivity index (χ3n) is 3.15. The number of rotatable bonds is 4. The zero-order valence-electron chi connectivity index (χ0n) is 10.5. The predicted molar refractivity (Wildman–Crippen MR) is 76.0 cm³/mol. The summed E-state index contributed by atoms with van der Waals surface area (Å²) in [5, 5.41) is 9.07. The number of hydrogen-bond acceptors (Lipinski definition) is 3. The van der Waals surface area contributed by atoms with Crippen LogP contribution >= 0.6 is 23.2 Å². The van der Waals surface area contributed by atoms with Crippen molar-refractivity contribution in [2.45, 2.75) is 32.4 Å². The van der Waals surface area contributed by atoms with Crippen LogP contribution < -0.4 is 5.32 Å². The lowest BCUT2D eigenvalue weighted by molar-refractivity contribution is 0.685. The number of pyridine rings is 1. The van der Waals surface area contributed by atoms with Gasteiger partial charge in [-0.1, -0.05) is 23.2 Å². The minimum absolute atomic E-state index is 0.634. The molecule has 6 heteroatoms. The van der Waals surface area contributed by atoms with Gasteiger partial charge in [-0.3, -0.25) is 0 Å². The van der Waals surface area contributed by atoms with Gasteiger partial charge in [-0.15, -0.1) is 0 Å². The summed E-state index contributed by atoms with van der Waals surface area (Å²) in [5.74, 6) is 0.729. The molecule has 2 heterocycles. The Morgan fingerprint density at radius 2 is 2.16 bits per heavy atom. The summed E-state index contributed by atoms with van der Waals surface area (Å²) in [6.07, 6.45) is 5.92. The van der Waals surface area contributed by atoms with Gasteiger partial charge in [-0.05, 0) is 31.4 Å². The van der Waals surface area contributed by atoms with Crippen molar-refractivity contribution < 1.29 is 0 Å². The molecule has 1 fully saturated rings. The van der Waals surface area contributed by atoms with Gasteiger partial charge in [-0.2, -0.15) is 5.10 Å². The second-order valence-corrected chi connectivity index (χ2v) is 5.61. The van der Waals surface area contributed by atoms with E-state index in [9.17, 15) is 0 Å². The molecule has 0 saturated heterocycles. The van der Waals surface area contributed by atoms with Crippen LogP contribution in [-0.4, -0.2) is 20.8 Å². The van der Waals surface area contributed by atoms with Crippen molar-refractivity contribution in [1.82, 2.24) is 20.1 Å². The fourth-order valence-corrected chi connectivity index (χ4v) is 2.13. The zero-order valence-corrected chi connectivity index (χ0v) is 12.0. The van der Waals surface area contributed by atoms with Crippen LogP contribution in [0.2, 0.25) is 10.0 Å². The maximum atomic E-state index is 6.17. The van der Waals surface area contributed by atoms with Crippen molar-refractivity contribution in [2.24, 2.45) is 0 Å². The summed E-state index contributed by atoms with van der Waals surface area (Å²) in [4.78, 5) is 4.29. The maximum absolute atomic E-state index is 6.17. The molecule has 0 amide bonds. The highest BCUT2D eigenvalue weighted by Gasteiger charge is 2.20. The van der Waals surface area contributed by atoms with Gasteiger partial charge in [0.2, 0.25) is 0 Å².